The monoisotopic (exact) mass is 479 g/mol. The Bertz CT molecular complexity index is 1200. The third kappa shape index (κ3) is 4.93. The Morgan fingerprint density at radius 2 is 1.76 bits per heavy atom. The largest absolute Gasteiger partial charge is 0.451 e. The van der Waals surface area contributed by atoms with Gasteiger partial charge < -0.3 is 15.1 Å². The summed E-state index contributed by atoms with van der Waals surface area (Å²) in [6.07, 6.45) is 7.32. The van der Waals surface area contributed by atoms with Gasteiger partial charge in [-0.1, -0.05) is 50.3 Å². The highest BCUT2D eigenvalue weighted by Crippen LogP contribution is 2.36. The van der Waals surface area contributed by atoms with Crippen LogP contribution in [0.1, 0.15) is 49.1 Å². The fraction of sp³-hybridized carbons (Fsp3) is 0.385. The highest BCUT2D eigenvalue weighted by atomic mass is 32.2. The molecule has 1 saturated heterocycles. The normalized spacial score (nSPS) is 21.9. The molecule has 0 spiro atoms. The maximum atomic E-state index is 13.1. The summed E-state index contributed by atoms with van der Waals surface area (Å²) >= 11 is 0. The summed E-state index contributed by atoms with van der Waals surface area (Å²) in [5.74, 6) is 0.510. The van der Waals surface area contributed by atoms with Crippen LogP contribution < -0.4 is 15.4 Å². The Morgan fingerprint density at radius 1 is 0.971 bits per heavy atom. The van der Waals surface area contributed by atoms with Gasteiger partial charge in [0.2, 0.25) is 5.91 Å². The van der Waals surface area contributed by atoms with Crippen molar-refractivity contribution < 1.29 is 18.2 Å². The molecule has 3 aromatic rings. The van der Waals surface area contributed by atoms with E-state index in [-0.39, 0.29) is 17.7 Å². The van der Waals surface area contributed by atoms with Crippen molar-refractivity contribution in [2.45, 2.75) is 49.5 Å². The molecule has 2 aliphatic rings. The minimum absolute atomic E-state index is 0.00728. The Balaban J connectivity index is 1.26. The van der Waals surface area contributed by atoms with E-state index in [0.29, 0.717) is 33.4 Å². The summed E-state index contributed by atoms with van der Waals surface area (Å²) in [6.45, 7) is 0.878. The van der Waals surface area contributed by atoms with Gasteiger partial charge in [0.05, 0.1) is 10.9 Å². The highest BCUT2D eigenvalue weighted by molar-refractivity contribution is 7.83. The average molecular weight is 480 g/mol. The van der Waals surface area contributed by atoms with Crippen molar-refractivity contribution in [1.82, 2.24) is 10.0 Å². The first-order valence-electron chi connectivity index (χ1n) is 11.9. The van der Waals surface area contributed by atoms with Crippen molar-refractivity contribution in [2.75, 3.05) is 11.9 Å². The first kappa shape index (κ1) is 22.8. The van der Waals surface area contributed by atoms with Gasteiger partial charge >= 0.3 is 0 Å². The van der Waals surface area contributed by atoms with E-state index in [2.05, 4.69) is 15.4 Å². The fourth-order valence-electron chi connectivity index (χ4n) is 5.27. The minimum Gasteiger partial charge on any atom is -0.451 e. The zero-order valence-corrected chi connectivity index (χ0v) is 19.7. The second kappa shape index (κ2) is 10.1. The predicted octanol–water partition coefficient (Wildman–Crippen LogP) is 4.38. The van der Waals surface area contributed by atoms with Gasteiger partial charge in [-0.3, -0.25) is 14.3 Å². The number of carbonyl (C=O) groups is 2. The quantitative estimate of drug-likeness (QED) is 0.487. The molecule has 8 heteroatoms. The van der Waals surface area contributed by atoms with Crippen molar-refractivity contribution in [1.29, 1.82) is 0 Å². The molecule has 3 unspecified atom stereocenters. The molecule has 3 atom stereocenters. The SMILES string of the molecule is O=C(NS(=O)c1ccccc1)c1cc2cc(NC(=O)C3NCCC3C3CCCCC3)ccc2o1. The number of fused-ring (bicyclic) bond motifs is 1. The van der Waals surface area contributed by atoms with Crippen molar-refractivity contribution in [3.63, 3.8) is 0 Å². The van der Waals surface area contributed by atoms with Crippen LogP contribution in [0.5, 0.6) is 0 Å². The van der Waals surface area contributed by atoms with E-state index in [1.807, 2.05) is 6.07 Å². The molecule has 1 aliphatic heterocycles. The van der Waals surface area contributed by atoms with Gasteiger partial charge in [-0.2, -0.15) is 0 Å². The van der Waals surface area contributed by atoms with Crippen molar-refractivity contribution in [3.8, 4) is 0 Å². The van der Waals surface area contributed by atoms with Crippen LogP contribution in [0.2, 0.25) is 0 Å². The average Bonchev–Trinajstić information content (AvgIpc) is 3.52. The number of carbonyl (C=O) groups excluding carboxylic acids is 2. The molecular weight excluding hydrogens is 450 g/mol. The lowest BCUT2D eigenvalue weighted by molar-refractivity contribution is -0.119. The van der Waals surface area contributed by atoms with Gasteiger partial charge in [0.15, 0.2) is 16.7 Å². The molecule has 2 fully saturated rings. The molecule has 1 aromatic heterocycles. The van der Waals surface area contributed by atoms with Gasteiger partial charge in [0, 0.05) is 11.1 Å². The van der Waals surface area contributed by atoms with E-state index in [9.17, 15) is 13.8 Å². The van der Waals surface area contributed by atoms with Crippen molar-refractivity contribution in [2.24, 2.45) is 11.8 Å². The molecule has 0 bridgehead atoms. The summed E-state index contributed by atoms with van der Waals surface area (Å²) in [7, 11) is -1.68. The van der Waals surface area contributed by atoms with Crippen LogP contribution in [-0.2, 0) is 15.8 Å². The molecule has 1 aliphatic carbocycles. The fourth-order valence-corrected chi connectivity index (χ4v) is 6.06. The van der Waals surface area contributed by atoms with E-state index in [0.717, 1.165) is 13.0 Å². The lowest BCUT2D eigenvalue weighted by atomic mass is 9.76. The summed E-state index contributed by atoms with van der Waals surface area (Å²) in [5, 5.41) is 7.14. The number of nitrogens with one attached hydrogen (secondary N) is 3. The van der Waals surface area contributed by atoms with Crippen LogP contribution in [0, 0.1) is 11.8 Å². The zero-order chi connectivity index (χ0) is 23.5. The van der Waals surface area contributed by atoms with E-state index in [1.165, 1.54) is 32.1 Å². The minimum atomic E-state index is -1.68. The standard InChI is InChI=1S/C26H29N3O4S/c30-25(29-34(32)20-9-5-2-6-10-20)23-16-18-15-19(11-12-22(18)33-23)28-26(31)24-21(13-14-27-24)17-7-3-1-4-8-17/h2,5-6,9-12,15-17,21,24,27H,1,3-4,7-8,13-14H2,(H,28,31)(H,29,30). The van der Waals surface area contributed by atoms with Crippen LogP contribution in [-0.4, -0.2) is 28.6 Å². The summed E-state index contributed by atoms with van der Waals surface area (Å²) < 4.78 is 20.5. The molecule has 34 heavy (non-hydrogen) atoms. The molecule has 2 aromatic carbocycles. The maximum Gasteiger partial charge on any atom is 0.298 e. The Kier molecular flexibility index (Phi) is 6.78. The maximum absolute atomic E-state index is 13.1. The van der Waals surface area contributed by atoms with Gasteiger partial charge in [0.1, 0.15) is 5.58 Å². The number of benzene rings is 2. The number of amides is 2. The topological polar surface area (TPSA) is 100 Å². The Hall–Kier alpha value is -2.97. The van der Waals surface area contributed by atoms with E-state index >= 15 is 0 Å². The number of rotatable bonds is 6. The summed E-state index contributed by atoms with van der Waals surface area (Å²) in [6, 6.07) is 15.4. The van der Waals surface area contributed by atoms with Gasteiger partial charge in [-0.05, 0) is 61.2 Å². The molecule has 1 saturated carbocycles. The van der Waals surface area contributed by atoms with Gasteiger partial charge in [0.25, 0.3) is 5.91 Å². The Morgan fingerprint density at radius 3 is 2.56 bits per heavy atom. The van der Waals surface area contributed by atoms with E-state index in [4.69, 9.17) is 4.42 Å². The van der Waals surface area contributed by atoms with Crippen molar-refractivity contribution >= 4 is 39.5 Å². The molecule has 2 amide bonds. The predicted molar refractivity (Wildman–Crippen MR) is 132 cm³/mol. The van der Waals surface area contributed by atoms with E-state index in [1.54, 1.807) is 48.5 Å². The lowest BCUT2D eigenvalue weighted by Gasteiger charge is -2.30. The van der Waals surface area contributed by atoms with Crippen LogP contribution in [0.3, 0.4) is 0 Å². The third-order valence-corrected chi connectivity index (χ3v) is 8.03. The zero-order valence-electron chi connectivity index (χ0n) is 18.9. The number of anilines is 1. The number of furan rings is 1. The van der Waals surface area contributed by atoms with Crippen LogP contribution in [0.25, 0.3) is 11.0 Å². The highest BCUT2D eigenvalue weighted by Gasteiger charge is 2.38. The summed E-state index contributed by atoms with van der Waals surface area (Å²) in [4.78, 5) is 26.1. The lowest BCUT2D eigenvalue weighted by Crippen LogP contribution is -2.42. The third-order valence-electron chi connectivity index (χ3n) is 6.96. The Labute approximate surface area is 201 Å². The first-order chi connectivity index (χ1) is 16.6. The first-order valence-corrected chi connectivity index (χ1v) is 13.1. The second-order valence-corrected chi connectivity index (χ2v) is 10.4. The smallest absolute Gasteiger partial charge is 0.298 e. The molecule has 3 N–H and O–H groups in total. The molecular formula is C26H29N3O4S. The number of hydrogen-bond acceptors (Lipinski definition) is 5. The molecule has 5 rings (SSSR count). The molecule has 7 nitrogen and oxygen atoms in total. The van der Waals surface area contributed by atoms with Crippen LogP contribution >= 0.6 is 0 Å². The molecule has 0 radical (unpaired) electrons. The molecule has 178 valence electrons. The summed E-state index contributed by atoms with van der Waals surface area (Å²) in [5.41, 5.74) is 1.18. The van der Waals surface area contributed by atoms with Crippen LogP contribution in [0.4, 0.5) is 5.69 Å². The second-order valence-electron chi connectivity index (χ2n) is 9.15. The van der Waals surface area contributed by atoms with Crippen molar-refractivity contribution in [3.05, 3.63) is 60.4 Å². The number of hydrogen-bond donors (Lipinski definition) is 3. The van der Waals surface area contributed by atoms with Gasteiger partial charge in [-0.25, -0.2) is 4.21 Å². The molecule has 2 heterocycles. The van der Waals surface area contributed by atoms with E-state index < -0.39 is 16.9 Å². The van der Waals surface area contributed by atoms with Gasteiger partial charge in [-0.15, -0.1) is 0 Å². The van der Waals surface area contributed by atoms with Crippen LogP contribution in [0.15, 0.2) is 63.9 Å².